The van der Waals surface area contributed by atoms with E-state index in [0.29, 0.717) is 74.9 Å². The number of rotatable bonds is 68. The Bertz CT molecular complexity index is 4560. The van der Waals surface area contributed by atoms with Crippen LogP contribution >= 0.6 is 9.90 Å². The molecule has 19 heteroatoms. The Kier molecular flexibility index (Phi) is 65.1. The fraction of sp³-hybridized carbons (Fsp3) is 0.537. The third-order valence-corrected chi connectivity index (χ3v) is 24.7. The van der Waals surface area contributed by atoms with Gasteiger partial charge in [0.05, 0.1) is 99.5 Å². The summed E-state index contributed by atoms with van der Waals surface area (Å²) in [4.78, 5) is 47.8. The highest BCUT2D eigenvalue weighted by molar-refractivity contribution is 6.92. The highest BCUT2D eigenvalue weighted by Gasteiger charge is 2.32. The van der Waals surface area contributed by atoms with Gasteiger partial charge in [0, 0.05) is 19.6 Å². The molecule has 8 aromatic carbocycles. The number of unbranched alkanes of at least 4 members (excludes halogenated alkanes) is 28. The smallest absolute Gasteiger partial charge is 0.338 e. The lowest BCUT2D eigenvalue weighted by atomic mass is 9.99. The standard InChI is InChI=1S/C60H82O9.C56H76O8.C4H10O.CH4.H3P/c1-5-54-45-57(44-46(4)61)69-60(68-54)53(25-21-17-13-11-15-19-23-43-67-56-40-36-50(37-41-56)48-28-32-52(33-29-48)59(63)65-7-3)24-20-16-12-9-8-10-14-18-22-42-66-55-38-34-49(35-39-55)47-26-30-51(31-27-47)58(62)64-6-2;1-5-59-54(57)49-31-27-45(28-32-49)47-35-39-52(40-36-47)63-43-23-19-15-11-9-10-13-17-21-25-51(56(61-7-3)62-8-4)26-22-18-14-12-16-20-24-44-64-53-41-37-48(38-42-53)46-29-33-50(34-30-46)55(58)60-6-2;1-3-4(2)5;;/h24,26-41,46,54,57,60-61H,5-23,25,42-45H2,1-4H3;25,27-42,56H,5-24,26,43-44H2,1-4H3;4-5H,3H2,1-2H3;1H4;1H3/b53-24+;51-25+;;;. The van der Waals surface area contributed by atoms with Crippen LogP contribution in [0.2, 0.25) is 0 Å². The van der Waals surface area contributed by atoms with E-state index < -0.39 is 0 Å². The number of ether oxygens (including phenoxy) is 12. The van der Waals surface area contributed by atoms with Crippen LogP contribution in [0, 0.1) is 0 Å². The molecule has 0 radical (unpaired) electrons. The second-order valence-corrected chi connectivity index (χ2v) is 36.0. The van der Waals surface area contributed by atoms with E-state index >= 15 is 0 Å². The second-order valence-electron chi connectivity index (χ2n) is 36.0. The fourth-order valence-corrected chi connectivity index (χ4v) is 16.6. The average Bonchev–Trinajstić information content (AvgIpc) is 0.863. The molecular formula is C121H175O18P. The van der Waals surface area contributed by atoms with Gasteiger partial charge in [-0.3, -0.25) is 0 Å². The summed E-state index contributed by atoms with van der Waals surface area (Å²) in [7, 11) is 0. The van der Waals surface area contributed by atoms with Crippen LogP contribution in [-0.4, -0.2) is 137 Å². The predicted molar refractivity (Wildman–Crippen MR) is 578 cm³/mol. The lowest BCUT2D eigenvalue weighted by molar-refractivity contribution is -0.230. The molecule has 1 heterocycles. The molecule has 6 unspecified atom stereocenters. The highest BCUT2D eigenvalue weighted by atomic mass is 31.0. The Hall–Kier alpha value is -9.49. The molecule has 772 valence electrons. The molecule has 6 atom stereocenters. The number of aliphatic hydroxyl groups excluding tert-OH is 2. The number of hydrogen-bond acceptors (Lipinski definition) is 18. The molecule has 18 nitrogen and oxygen atoms in total. The topological polar surface area (TPSA) is 219 Å². The summed E-state index contributed by atoms with van der Waals surface area (Å²) < 4.78 is 69.5. The number of carbonyl (C=O) groups is 4. The van der Waals surface area contributed by atoms with Crippen molar-refractivity contribution in [2.45, 2.75) is 358 Å². The minimum Gasteiger partial charge on any atom is -0.494 e. The first kappa shape index (κ1) is 121. The number of esters is 4. The Morgan fingerprint density at radius 1 is 0.314 bits per heavy atom. The van der Waals surface area contributed by atoms with Gasteiger partial charge in [0.2, 0.25) is 0 Å². The first-order chi connectivity index (χ1) is 67.5. The summed E-state index contributed by atoms with van der Waals surface area (Å²) in [6.07, 6.45) is 47.6. The van der Waals surface area contributed by atoms with Crippen LogP contribution in [-0.2, 0) is 37.9 Å². The minimum absolute atomic E-state index is 0. The van der Waals surface area contributed by atoms with Crippen LogP contribution in [0.4, 0.5) is 0 Å². The Morgan fingerprint density at radius 2 is 0.557 bits per heavy atom. The van der Waals surface area contributed by atoms with Gasteiger partial charge in [-0.05, 0) is 304 Å². The van der Waals surface area contributed by atoms with Crippen molar-refractivity contribution >= 4 is 33.8 Å². The SMILES string of the molecule is C.CCC(C)O.CCOC(=O)c1ccc(-c2ccc(OCCCCCCCCCC/C=C(\CCCCCCCCCOc3ccc(-c4ccc(C(=O)OCC)cc4)cc3)C(OCC)OCC)cc2)cc1.CCOC(=O)c1ccc(-c2ccc(OCCCCCCCCCC/C=C(\CCCCCCCCCOc3ccc(-c4ccc(C(=O)OCC)cc4)cc3)C3OC(CC)CC(CC(C)O)O3)cc2)cc1.P. The second kappa shape index (κ2) is 75.3. The van der Waals surface area contributed by atoms with Gasteiger partial charge in [-0.2, -0.15) is 9.90 Å². The predicted octanol–water partition coefficient (Wildman–Crippen LogP) is 31.3. The van der Waals surface area contributed by atoms with Gasteiger partial charge in [-0.25, -0.2) is 19.2 Å². The molecule has 1 saturated heterocycles. The van der Waals surface area contributed by atoms with Crippen molar-refractivity contribution in [3.63, 3.8) is 0 Å². The maximum Gasteiger partial charge on any atom is 0.338 e. The summed E-state index contributed by atoms with van der Waals surface area (Å²) in [5, 5.41) is 18.5. The quantitative estimate of drug-likeness (QED) is 0.00904. The van der Waals surface area contributed by atoms with E-state index in [2.05, 4.69) is 67.6 Å². The molecule has 8 aromatic rings. The molecule has 1 aliphatic rings. The van der Waals surface area contributed by atoms with Gasteiger partial charge >= 0.3 is 23.9 Å². The molecule has 9 rings (SSSR count). The molecule has 0 aromatic heterocycles. The van der Waals surface area contributed by atoms with E-state index in [0.717, 1.165) is 171 Å². The average molecular weight is 1950 g/mol. The molecule has 0 bridgehead atoms. The van der Waals surface area contributed by atoms with Gasteiger partial charge in [-0.15, -0.1) is 0 Å². The fourth-order valence-electron chi connectivity index (χ4n) is 16.6. The minimum atomic E-state index is -0.386. The van der Waals surface area contributed by atoms with Crippen LogP contribution in [0.5, 0.6) is 23.0 Å². The van der Waals surface area contributed by atoms with Gasteiger partial charge in [0.1, 0.15) is 23.0 Å². The highest BCUT2D eigenvalue weighted by Crippen LogP contribution is 2.34. The zero-order chi connectivity index (χ0) is 98.6. The summed E-state index contributed by atoms with van der Waals surface area (Å²) >= 11 is 0. The monoisotopic (exact) mass is 1950 g/mol. The van der Waals surface area contributed by atoms with Crippen molar-refractivity contribution in [1.29, 1.82) is 0 Å². The zero-order valence-electron chi connectivity index (χ0n) is 86.2. The van der Waals surface area contributed by atoms with E-state index in [1.165, 1.54) is 165 Å². The number of benzene rings is 8. The maximum atomic E-state index is 12.0. The van der Waals surface area contributed by atoms with E-state index in [1.54, 1.807) is 31.2 Å². The van der Waals surface area contributed by atoms with Crippen LogP contribution in [0.25, 0.3) is 44.5 Å². The lowest BCUT2D eigenvalue weighted by Gasteiger charge is -2.37. The summed E-state index contributed by atoms with van der Waals surface area (Å²) in [5.41, 5.74) is 13.4. The molecule has 140 heavy (non-hydrogen) atoms. The van der Waals surface area contributed by atoms with Gasteiger partial charge < -0.3 is 67.1 Å². The Labute approximate surface area is 845 Å². The van der Waals surface area contributed by atoms with Crippen LogP contribution in [0.3, 0.4) is 0 Å². The summed E-state index contributed by atoms with van der Waals surface area (Å²) in [5.74, 6) is 2.37. The number of allylic oxidation sites excluding steroid dienone is 2. The molecular weight excluding hydrogens is 1770 g/mol. The van der Waals surface area contributed by atoms with Crippen molar-refractivity contribution in [3.05, 3.63) is 240 Å². The number of aliphatic hydroxyl groups is 2. The van der Waals surface area contributed by atoms with E-state index in [9.17, 15) is 24.3 Å². The third kappa shape index (κ3) is 50.0. The van der Waals surface area contributed by atoms with Crippen molar-refractivity contribution in [1.82, 2.24) is 0 Å². The van der Waals surface area contributed by atoms with Gasteiger partial charge in [0.25, 0.3) is 0 Å². The lowest BCUT2D eigenvalue weighted by Crippen LogP contribution is -2.40. The van der Waals surface area contributed by atoms with Gasteiger partial charge in [0.15, 0.2) is 12.6 Å². The van der Waals surface area contributed by atoms with E-state index in [4.69, 9.17) is 61.9 Å². The number of carbonyl (C=O) groups excluding carboxylic acids is 4. The Morgan fingerprint density at radius 3 is 0.814 bits per heavy atom. The van der Waals surface area contributed by atoms with Crippen molar-refractivity contribution in [3.8, 4) is 67.5 Å². The first-order valence-corrected chi connectivity index (χ1v) is 52.8. The largest absolute Gasteiger partial charge is 0.494 e. The van der Waals surface area contributed by atoms with Crippen molar-refractivity contribution in [2.24, 2.45) is 0 Å². The normalized spacial score (nSPS) is 13.9. The zero-order valence-corrected chi connectivity index (χ0v) is 87.6. The molecule has 2 N–H and O–H groups in total. The maximum absolute atomic E-state index is 12.0. The van der Waals surface area contributed by atoms with Crippen molar-refractivity contribution in [2.75, 3.05) is 66.1 Å². The molecule has 1 fully saturated rings. The first-order valence-electron chi connectivity index (χ1n) is 52.8. The molecule has 1 aliphatic heterocycles. The Balaban J connectivity index is 0.000000465. The van der Waals surface area contributed by atoms with Crippen molar-refractivity contribution < 1.29 is 86.2 Å². The molecule has 0 aliphatic carbocycles. The van der Waals surface area contributed by atoms with Gasteiger partial charge in [-0.1, -0.05) is 272 Å². The third-order valence-electron chi connectivity index (χ3n) is 24.7. The van der Waals surface area contributed by atoms with Crippen LogP contribution < -0.4 is 18.9 Å². The number of hydrogen-bond donors (Lipinski definition) is 2. The van der Waals surface area contributed by atoms with E-state index in [-0.39, 0.29) is 78.2 Å². The summed E-state index contributed by atoms with van der Waals surface area (Å²) in [6.45, 7) is 24.8. The molecule has 0 amide bonds. The van der Waals surface area contributed by atoms with Crippen LogP contribution in [0.1, 0.15) is 362 Å². The van der Waals surface area contributed by atoms with Crippen LogP contribution in [0.15, 0.2) is 217 Å². The molecule has 0 saturated carbocycles. The molecule has 0 spiro atoms. The summed E-state index contributed by atoms with van der Waals surface area (Å²) in [6, 6.07) is 62.7. The van der Waals surface area contributed by atoms with E-state index in [1.807, 2.05) is 177 Å².